The Balaban J connectivity index is -0.0000000411. The van der Waals surface area contributed by atoms with Crippen molar-refractivity contribution >= 4 is 73.0 Å². The molecule has 0 unspecified atom stereocenters. The first kappa shape index (κ1) is 76.8. The summed E-state index contributed by atoms with van der Waals surface area (Å²) in [5.74, 6) is 2.78. The van der Waals surface area contributed by atoms with Crippen molar-refractivity contribution in [1.29, 1.82) is 5.26 Å². The summed E-state index contributed by atoms with van der Waals surface area (Å²) in [7, 11) is 0. The van der Waals surface area contributed by atoms with Gasteiger partial charge in [-0.05, 0) is 54.6 Å². The molecule has 0 atom stereocenters. The topological polar surface area (TPSA) is 317 Å². The number of nitriles is 1. The normalized spacial score (nSPS) is 8.37. The fourth-order valence-electron chi connectivity index (χ4n) is 1.80. The Morgan fingerprint density at radius 1 is 0.776 bits per heavy atom. The number of nitrogens with zero attached hydrogens (tertiary/aromatic N) is 10. The molecule has 0 aromatic carbocycles. The third-order valence-electron chi connectivity index (χ3n) is 2.94. The third-order valence-corrected chi connectivity index (χ3v) is 2.94. The van der Waals surface area contributed by atoms with Crippen molar-refractivity contribution in [3.8, 4) is 6.19 Å². The summed E-state index contributed by atoms with van der Waals surface area (Å²) in [5, 5.41) is 28.9. The van der Waals surface area contributed by atoms with E-state index in [9.17, 15) is 0 Å². The fourth-order valence-corrected chi connectivity index (χ4v) is 1.80. The minimum Gasteiger partial charge on any atom is -1.00 e. The average Bonchev–Trinajstić information content (AvgIpc) is 2.92. The second-order valence-corrected chi connectivity index (χ2v) is 6.65. The van der Waals surface area contributed by atoms with Crippen LogP contribution in [0.25, 0.3) is 10.4 Å². The molecule has 1 heterocycles. The molecule has 0 radical (unpaired) electrons. The van der Waals surface area contributed by atoms with E-state index in [4.69, 9.17) is 45.9 Å². The van der Waals surface area contributed by atoms with Gasteiger partial charge in [-0.1, -0.05) is 25.0 Å². The summed E-state index contributed by atoms with van der Waals surface area (Å²) in [6.07, 6.45) is 1.65. The third kappa shape index (κ3) is 77.1. The molecule has 0 bridgehead atoms. The van der Waals surface area contributed by atoms with Gasteiger partial charge in [0.15, 0.2) is 18.1 Å². The molecule has 0 saturated heterocycles. The van der Waals surface area contributed by atoms with E-state index in [-0.39, 0.29) is 115 Å². The molecule has 0 saturated carbocycles. The predicted molar refractivity (Wildman–Crippen MR) is 200 cm³/mol. The monoisotopic (exact) mass is 795 g/mol. The van der Waals surface area contributed by atoms with Crippen molar-refractivity contribution in [1.82, 2.24) is 25.6 Å². The van der Waals surface area contributed by atoms with Gasteiger partial charge in [0, 0.05) is 32.7 Å². The number of hydrogen-bond donors (Lipinski definition) is 9. The molecule has 1 rings (SSSR count). The van der Waals surface area contributed by atoms with Crippen molar-refractivity contribution in [2.45, 2.75) is 55.4 Å². The molecule has 19 nitrogen and oxygen atoms in total. The molecule has 25 heteroatoms. The van der Waals surface area contributed by atoms with Gasteiger partial charge in [0.2, 0.25) is 17.9 Å². The first-order valence-corrected chi connectivity index (χ1v) is 13.4. The zero-order valence-electron chi connectivity index (χ0n) is 30.4. The maximum Gasteiger partial charge on any atom is 1.00 e. The van der Waals surface area contributed by atoms with E-state index in [2.05, 4.69) is 61.3 Å². The van der Waals surface area contributed by atoms with Gasteiger partial charge in [-0.25, -0.2) is 11.5 Å². The summed E-state index contributed by atoms with van der Waals surface area (Å²) >= 11 is 0. The van der Waals surface area contributed by atoms with E-state index in [1.165, 1.54) is 6.01 Å². The van der Waals surface area contributed by atoms with Crippen LogP contribution < -0.4 is 121 Å². The van der Waals surface area contributed by atoms with Crippen LogP contribution in [0.4, 0.5) is 11.9 Å². The zero-order chi connectivity index (χ0) is 34.3. The van der Waals surface area contributed by atoms with Gasteiger partial charge in [-0.3, -0.25) is 25.6 Å². The smallest absolute Gasteiger partial charge is 1.00 e. The molecule has 1 aromatic rings. The number of anilines is 2. The summed E-state index contributed by atoms with van der Waals surface area (Å²) in [6.45, 7) is 26.1. The molecule has 0 fully saturated rings. The number of hydrogen-bond acceptors (Lipinski definition) is 12. The summed E-state index contributed by atoms with van der Waals surface area (Å²) < 4.78 is 0. The summed E-state index contributed by atoms with van der Waals surface area (Å²) in [5.41, 5.74) is 25.6. The van der Waals surface area contributed by atoms with Gasteiger partial charge < -0.3 is 57.1 Å². The number of nitrogens with one attached hydrogen (secondary N) is 4. The average molecular weight is 798 g/mol. The van der Waals surface area contributed by atoms with Gasteiger partial charge in [-0.15, -0.1) is 37.2 Å². The molecule has 0 amide bonds. The van der Waals surface area contributed by atoms with Crippen LogP contribution in [0.1, 0.15) is 54.3 Å². The van der Waals surface area contributed by atoms with E-state index >= 15 is 0 Å². The molecule has 1 aromatic heterocycles. The van der Waals surface area contributed by atoms with Crippen LogP contribution in [0.15, 0.2) is 20.1 Å². The van der Waals surface area contributed by atoms with Crippen molar-refractivity contribution < 1.29 is 71.5 Å². The van der Waals surface area contributed by atoms with Crippen molar-refractivity contribution in [2.75, 3.05) is 56.4 Å². The van der Waals surface area contributed by atoms with Crippen LogP contribution in [0.5, 0.6) is 0 Å². The van der Waals surface area contributed by atoms with Gasteiger partial charge in [0.25, 0.3) is 0 Å². The Bertz CT molecular complexity index is 973. The van der Waals surface area contributed by atoms with Gasteiger partial charge in [-0.2, -0.15) is 20.2 Å². The Morgan fingerprint density at radius 3 is 1.33 bits per heavy atom. The number of guanidine groups is 3. The Hall–Kier alpha value is -1.94. The quantitative estimate of drug-likeness (QED) is 0.0236. The summed E-state index contributed by atoms with van der Waals surface area (Å²) in [6, 6.07) is 1.29. The van der Waals surface area contributed by atoms with Crippen LogP contribution in [-0.2, 0) is 0 Å². The SMILES string of the molecule is CCN.CCN.CCN=C(N)NC#N.CCN=C(N)NC(N)=NCC.CCNc1nc(C)nc(NCC)n1.Cl.Cl.Cl.[C-]#[N+]N=C=[N-].[Cl-].[Na+].[Na+]. The maximum atomic E-state index is 7.94. The Kier molecular flexibility index (Phi) is 107. The van der Waals surface area contributed by atoms with Gasteiger partial charge in [0.1, 0.15) is 5.82 Å². The van der Waals surface area contributed by atoms with E-state index in [0.29, 0.717) is 43.5 Å². The minimum absolute atomic E-state index is 0. The summed E-state index contributed by atoms with van der Waals surface area (Å²) in [4.78, 5) is 26.2. The fraction of sp³-hybridized carbons (Fsp3) is 0.625. The van der Waals surface area contributed by atoms with Crippen LogP contribution in [0.3, 0.4) is 0 Å². The first-order chi connectivity index (χ1) is 20.5. The number of rotatable bonds is 7. The molecular weight excluding hydrogens is 742 g/mol. The number of aliphatic imine (C=N–C) groups is 3. The maximum absolute atomic E-state index is 7.94. The number of aromatic nitrogens is 3. The molecule has 0 aliphatic rings. The van der Waals surface area contributed by atoms with E-state index < -0.39 is 0 Å². The molecule has 0 aliphatic carbocycles. The molecular formula is C24H55Cl4N19Na2. The zero-order valence-corrected chi connectivity index (χ0v) is 37.6. The largest absolute Gasteiger partial charge is 1.00 e. The standard InChI is InChI=1S/C8H15N5.C6H15N5.C4H8N4.C2N3.2C2H7N.4ClH.2Na/c1-4-9-7-11-6(3)12-8(13-7)10-5-2;1-3-9-5(7)11-6(8)10-4-2;1-2-7-4(6)8-3-5;1-4-5-2-3;2*1-2-3;;;;;;/h4-5H2,1-3H3,(H2,9,10,11,12,13);3-4H2,1-2H3,(H5,7,8,9,10,11);2H2,1H3,(H3,6,7,8);;2*2-3H2,1H3;4*1H;;/q;;;-1;;;;;;;2*+1/p-1. The molecule has 276 valence electrons. The predicted octanol–water partition coefficient (Wildman–Crippen LogP) is -7.55. The number of halogens is 4. The molecule has 0 spiro atoms. The second kappa shape index (κ2) is 68.1. The number of aryl methyl sites for hydroxylation is 1. The van der Waals surface area contributed by atoms with E-state index in [0.717, 1.165) is 32.0 Å². The second-order valence-electron chi connectivity index (χ2n) is 6.65. The van der Waals surface area contributed by atoms with Crippen molar-refractivity contribution in [3.05, 3.63) is 22.8 Å². The van der Waals surface area contributed by atoms with Crippen LogP contribution >= 0.6 is 37.2 Å². The van der Waals surface area contributed by atoms with Crippen LogP contribution in [-0.4, -0.2) is 84.7 Å². The van der Waals surface area contributed by atoms with Crippen LogP contribution in [0.2, 0.25) is 0 Å². The van der Waals surface area contributed by atoms with Crippen molar-refractivity contribution in [2.24, 2.45) is 48.7 Å². The van der Waals surface area contributed by atoms with E-state index in [1.807, 2.05) is 55.4 Å². The Morgan fingerprint density at radius 2 is 1.10 bits per heavy atom. The van der Waals surface area contributed by atoms with Crippen LogP contribution in [0, 0.1) is 25.0 Å². The van der Waals surface area contributed by atoms with Crippen molar-refractivity contribution in [3.63, 3.8) is 0 Å². The van der Waals surface area contributed by atoms with E-state index in [1.54, 1.807) is 6.19 Å². The van der Waals surface area contributed by atoms with Gasteiger partial charge >= 0.3 is 59.1 Å². The molecule has 14 N–H and O–H groups in total. The molecule has 49 heavy (non-hydrogen) atoms. The van der Waals surface area contributed by atoms with Gasteiger partial charge in [0.05, 0.1) is 0 Å². The number of nitrogens with two attached hydrogens (primary N) is 5. The first-order valence-electron chi connectivity index (χ1n) is 13.4. The molecule has 0 aliphatic heterocycles. The minimum atomic E-state index is 0. The Labute approximate surface area is 361 Å².